The lowest BCUT2D eigenvalue weighted by Crippen LogP contribution is -1.86. The van der Waals surface area contributed by atoms with Gasteiger partial charge in [0.15, 0.2) is 0 Å². The van der Waals surface area contributed by atoms with Gasteiger partial charge < -0.3 is 4.74 Å². The molecule has 2 aromatic rings. The van der Waals surface area contributed by atoms with Crippen molar-refractivity contribution in [3.05, 3.63) is 48.2 Å². The molecule has 0 aliphatic heterocycles. The van der Waals surface area contributed by atoms with E-state index in [4.69, 9.17) is 16.3 Å². The van der Waals surface area contributed by atoms with Crippen LogP contribution < -0.4 is 4.74 Å². The maximum absolute atomic E-state index is 5.71. The van der Waals surface area contributed by atoms with E-state index in [9.17, 15) is 0 Å². The first-order valence-corrected chi connectivity index (χ1v) is 5.52. The Hall–Kier alpha value is -1.54. The van der Waals surface area contributed by atoms with E-state index in [-0.39, 0.29) is 0 Å². The van der Waals surface area contributed by atoms with E-state index >= 15 is 0 Å². The largest absolute Gasteiger partial charge is 0.497 e. The molecule has 2 nitrogen and oxygen atoms in total. The minimum Gasteiger partial charge on any atom is -0.497 e. The standard InChI is InChI=1S/C13H12ClNO/c1-16-12-5-3-11(4-6-12)13-7-2-10(8-14)9-15-13/h2-7,9H,8H2,1H3. The fraction of sp³-hybridized carbons (Fsp3) is 0.154. The van der Waals surface area contributed by atoms with Gasteiger partial charge in [0.25, 0.3) is 0 Å². The molecule has 16 heavy (non-hydrogen) atoms. The summed E-state index contributed by atoms with van der Waals surface area (Å²) in [5.41, 5.74) is 3.04. The monoisotopic (exact) mass is 233 g/mol. The fourth-order valence-corrected chi connectivity index (χ4v) is 1.59. The summed E-state index contributed by atoms with van der Waals surface area (Å²) in [7, 11) is 1.66. The lowest BCUT2D eigenvalue weighted by molar-refractivity contribution is 0.415. The van der Waals surface area contributed by atoms with Gasteiger partial charge in [-0.15, -0.1) is 11.6 Å². The number of methoxy groups -OCH3 is 1. The quantitative estimate of drug-likeness (QED) is 0.757. The molecule has 2 rings (SSSR count). The minimum atomic E-state index is 0.496. The van der Waals surface area contributed by atoms with E-state index in [1.807, 2.05) is 36.4 Å². The van der Waals surface area contributed by atoms with Gasteiger partial charge in [0, 0.05) is 17.6 Å². The average Bonchev–Trinajstić information content (AvgIpc) is 2.39. The van der Waals surface area contributed by atoms with E-state index in [1.54, 1.807) is 13.3 Å². The number of ether oxygens (including phenoxy) is 1. The molecule has 0 saturated carbocycles. The Morgan fingerprint density at radius 2 is 1.88 bits per heavy atom. The number of aromatic nitrogens is 1. The number of nitrogens with zero attached hydrogens (tertiary/aromatic N) is 1. The normalized spacial score (nSPS) is 10.1. The van der Waals surface area contributed by atoms with E-state index < -0.39 is 0 Å². The molecule has 0 aliphatic rings. The van der Waals surface area contributed by atoms with Crippen LogP contribution in [0.3, 0.4) is 0 Å². The summed E-state index contributed by atoms with van der Waals surface area (Å²) in [5, 5.41) is 0. The zero-order chi connectivity index (χ0) is 11.4. The van der Waals surface area contributed by atoms with E-state index in [1.165, 1.54) is 0 Å². The van der Waals surface area contributed by atoms with Crippen molar-refractivity contribution < 1.29 is 4.74 Å². The second-order valence-corrected chi connectivity index (χ2v) is 3.68. The molecule has 1 aromatic carbocycles. The summed E-state index contributed by atoms with van der Waals surface area (Å²) in [6.45, 7) is 0. The van der Waals surface area contributed by atoms with Crippen molar-refractivity contribution >= 4 is 11.6 Å². The Balaban J connectivity index is 2.28. The Morgan fingerprint density at radius 1 is 1.12 bits per heavy atom. The fourth-order valence-electron chi connectivity index (χ4n) is 1.44. The molecule has 0 aliphatic carbocycles. The van der Waals surface area contributed by atoms with Gasteiger partial charge in [0.1, 0.15) is 5.75 Å². The molecule has 0 N–H and O–H groups in total. The average molecular weight is 234 g/mol. The number of benzene rings is 1. The number of rotatable bonds is 3. The van der Waals surface area contributed by atoms with Crippen LogP contribution in [0.5, 0.6) is 5.75 Å². The molecule has 0 atom stereocenters. The molecule has 0 fully saturated rings. The van der Waals surface area contributed by atoms with Gasteiger partial charge in [-0.2, -0.15) is 0 Å². The number of alkyl halides is 1. The molecule has 0 spiro atoms. The molecular weight excluding hydrogens is 222 g/mol. The summed E-state index contributed by atoms with van der Waals surface area (Å²) in [6, 6.07) is 11.8. The SMILES string of the molecule is COc1ccc(-c2ccc(CCl)cn2)cc1. The highest BCUT2D eigenvalue weighted by Crippen LogP contribution is 2.20. The van der Waals surface area contributed by atoms with Crippen LogP contribution in [-0.2, 0) is 5.88 Å². The summed E-state index contributed by atoms with van der Waals surface area (Å²) in [5.74, 6) is 1.34. The lowest BCUT2D eigenvalue weighted by atomic mass is 10.1. The van der Waals surface area contributed by atoms with Crippen molar-refractivity contribution in [3.8, 4) is 17.0 Å². The molecule has 0 unspecified atom stereocenters. The second-order valence-electron chi connectivity index (χ2n) is 3.41. The molecule has 0 radical (unpaired) electrons. The zero-order valence-electron chi connectivity index (χ0n) is 8.98. The van der Waals surface area contributed by atoms with E-state index in [0.29, 0.717) is 5.88 Å². The maximum Gasteiger partial charge on any atom is 0.118 e. The predicted octanol–water partition coefficient (Wildman–Crippen LogP) is 3.50. The smallest absolute Gasteiger partial charge is 0.118 e. The number of pyridine rings is 1. The highest BCUT2D eigenvalue weighted by Gasteiger charge is 1.99. The summed E-state index contributed by atoms with van der Waals surface area (Å²) >= 11 is 5.71. The summed E-state index contributed by atoms with van der Waals surface area (Å²) < 4.78 is 5.10. The molecule has 3 heteroatoms. The van der Waals surface area contributed by atoms with E-state index in [2.05, 4.69) is 4.98 Å². The Bertz CT molecular complexity index is 405. The highest BCUT2D eigenvalue weighted by molar-refractivity contribution is 6.17. The molecule has 0 amide bonds. The van der Waals surface area contributed by atoms with Gasteiger partial charge in [-0.05, 0) is 35.9 Å². The first-order chi connectivity index (χ1) is 7.83. The van der Waals surface area contributed by atoms with Crippen LogP contribution in [0.1, 0.15) is 5.56 Å². The number of halogens is 1. The van der Waals surface area contributed by atoms with Crippen LogP contribution in [0.25, 0.3) is 11.3 Å². The van der Waals surface area contributed by atoms with Crippen LogP contribution in [0.2, 0.25) is 0 Å². The molecule has 0 bridgehead atoms. The van der Waals surface area contributed by atoms with Crippen molar-refractivity contribution in [3.63, 3.8) is 0 Å². The van der Waals surface area contributed by atoms with Crippen LogP contribution in [-0.4, -0.2) is 12.1 Å². The second kappa shape index (κ2) is 4.99. The third kappa shape index (κ3) is 2.34. The molecular formula is C13H12ClNO. The van der Waals surface area contributed by atoms with Gasteiger partial charge >= 0.3 is 0 Å². The van der Waals surface area contributed by atoms with Crippen molar-refractivity contribution in [2.24, 2.45) is 0 Å². The summed E-state index contributed by atoms with van der Waals surface area (Å²) in [4.78, 5) is 4.35. The Morgan fingerprint density at radius 3 is 2.38 bits per heavy atom. The number of hydrogen-bond donors (Lipinski definition) is 0. The molecule has 1 aromatic heterocycles. The first-order valence-electron chi connectivity index (χ1n) is 4.99. The van der Waals surface area contributed by atoms with Crippen LogP contribution in [0.4, 0.5) is 0 Å². The van der Waals surface area contributed by atoms with Gasteiger partial charge in [-0.1, -0.05) is 6.07 Å². The topological polar surface area (TPSA) is 22.1 Å². The minimum absolute atomic E-state index is 0.496. The van der Waals surface area contributed by atoms with Gasteiger partial charge in [-0.25, -0.2) is 0 Å². The number of hydrogen-bond acceptors (Lipinski definition) is 2. The van der Waals surface area contributed by atoms with Gasteiger partial charge in [0.2, 0.25) is 0 Å². The zero-order valence-corrected chi connectivity index (χ0v) is 9.74. The van der Waals surface area contributed by atoms with Crippen LogP contribution >= 0.6 is 11.6 Å². The van der Waals surface area contributed by atoms with Crippen molar-refractivity contribution in [2.45, 2.75) is 5.88 Å². The van der Waals surface area contributed by atoms with Gasteiger partial charge in [-0.3, -0.25) is 4.98 Å². The molecule has 1 heterocycles. The highest BCUT2D eigenvalue weighted by atomic mass is 35.5. The van der Waals surface area contributed by atoms with Crippen molar-refractivity contribution in [1.82, 2.24) is 4.98 Å². The Labute approximate surface area is 99.9 Å². The lowest BCUT2D eigenvalue weighted by Gasteiger charge is -2.03. The van der Waals surface area contributed by atoms with Crippen LogP contribution in [0, 0.1) is 0 Å². The van der Waals surface area contributed by atoms with E-state index in [0.717, 1.165) is 22.6 Å². The van der Waals surface area contributed by atoms with Crippen molar-refractivity contribution in [1.29, 1.82) is 0 Å². The third-order valence-electron chi connectivity index (χ3n) is 2.36. The third-order valence-corrected chi connectivity index (χ3v) is 2.67. The van der Waals surface area contributed by atoms with Crippen LogP contribution in [0.15, 0.2) is 42.6 Å². The van der Waals surface area contributed by atoms with Gasteiger partial charge in [0.05, 0.1) is 12.8 Å². The predicted molar refractivity (Wildman–Crippen MR) is 65.8 cm³/mol. The maximum atomic E-state index is 5.71. The molecule has 0 saturated heterocycles. The first kappa shape index (κ1) is 11.0. The summed E-state index contributed by atoms with van der Waals surface area (Å²) in [6.07, 6.45) is 1.80. The molecule has 82 valence electrons. The Kier molecular flexibility index (Phi) is 3.42. The van der Waals surface area contributed by atoms with Crippen molar-refractivity contribution in [2.75, 3.05) is 7.11 Å².